The highest BCUT2D eigenvalue weighted by molar-refractivity contribution is 5.62. The van der Waals surface area contributed by atoms with Crippen LogP contribution in [0.25, 0.3) is 16.1 Å². The average molecular weight is 268 g/mol. The number of alkyl halides is 3. The number of hydrogen-bond acceptors (Lipinski definition) is 3. The van der Waals surface area contributed by atoms with Crippen molar-refractivity contribution in [3.8, 4) is 11.3 Å². The van der Waals surface area contributed by atoms with Crippen LogP contribution < -0.4 is 0 Å². The largest absolute Gasteiger partial charge is 0.434 e. The van der Waals surface area contributed by atoms with Gasteiger partial charge in [-0.05, 0) is 6.07 Å². The second kappa shape index (κ2) is 4.61. The predicted molar refractivity (Wildman–Crippen MR) is 56.5 cm³/mol. The lowest BCUT2D eigenvalue weighted by atomic mass is 10.2. The second-order valence-electron chi connectivity index (χ2n) is 3.42. The molecule has 0 aromatic carbocycles. The summed E-state index contributed by atoms with van der Waals surface area (Å²) in [4.78, 5) is 13.2. The van der Waals surface area contributed by atoms with Gasteiger partial charge in [-0.3, -0.25) is 4.98 Å². The van der Waals surface area contributed by atoms with Crippen molar-refractivity contribution in [2.45, 2.75) is 6.18 Å². The van der Waals surface area contributed by atoms with E-state index in [1.807, 2.05) is 0 Å². The standard InChI is InChI=1S/C11H4F4N4/c1-16-10-2-6(7(12)3-19-10)8-4-18-9(5-17-8)11(13,14)15/h2-5H. The van der Waals surface area contributed by atoms with Crippen molar-refractivity contribution in [2.24, 2.45) is 0 Å². The smallest absolute Gasteiger partial charge is 0.361 e. The SMILES string of the molecule is [C-]#[N+]c1cc(-c2cnc(C(F)(F)F)cn2)c(F)cn1. The molecule has 0 bridgehead atoms. The highest BCUT2D eigenvalue weighted by atomic mass is 19.4. The lowest BCUT2D eigenvalue weighted by molar-refractivity contribution is -0.141. The fourth-order valence-electron chi connectivity index (χ4n) is 1.30. The van der Waals surface area contributed by atoms with Crippen LogP contribution in [0.15, 0.2) is 24.7 Å². The van der Waals surface area contributed by atoms with E-state index in [9.17, 15) is 17.6 Å². The van der Waals surface area contributed by atoms with Gasteiger partial charge in [-0.2, -0.15) is 13.2 Å². The minimum Gasteiger partial charge on any atom is -0.361 e. The molecule has 96 valence electrons. The Hall–Kier alpha value is -2.56. The molecule has 0 spiro atoms. The number of rotatable bonds is 1. The number of aromatic nitrogens is 3. The molecule has 0 fully saturated rings. The molecule has 0 N–H and O–H groups in total. The third-order valence-corrected chi connectivity index (χ3v) is 2.17. The highest BCUT2D eigenvalue weighted by Crippen LogP contribution is 2.28. The maximum absolute atomic E-state index is 13.5. The van der Waals surface area contributed by atoms with E-state index in [-0.39, 0.29) is 17.1 Å². The monoisotopic (exact) mass is 268 g/mol. The molecule has 0 aliphatic carbocycles. The Kier molecular flexibility index (Phi) is 3.12. The van der Waals surface area contributed by atoms with Gasteiger partial charge in [0.25, 0.3) is 5.82 Å². The van der Waals surface area contributed by atoms with E-state index >= 15 is 0 Å². The zero-order chi connectivity index (χ0) is 14.0. The molecule has 0 radical (unpaired) electrons. The quantitative estimate of drug-likeness (QED) is 0.589. The maximum Gasteiger partial charge on any atom is 0.434 e. The Morgan fingerprint density at radius 1 is 1.05 bits per heavy atom. The summed E-state index contributed by atoms with van der Waals surface area (Å²) in [6, 6.07) is 1.10. The minimum absolute atomic E-state index is 0.0851. The summed E-state index contributed by atoms with van der Waals surface area (Å²) in [5.41, 5.74) is -1.39. The highest BCUT2D eigenvalue weighted by Gasteiger charge is 2.32. The molecule has 0 saturated heterocycles. The molecule has 2 heterocycles. The van der Waals surface area contributed by atoms with E-state index in [2.05, 4.69) is 19.8 Å². The van der Waals surface area contributed by atoms with Gasteiger partial charge >= 0.3 is 6.18 Å². The molecular weight excluding hydrogens is 264 g/mol. The summed E-state index contributed by atoms with van der Waals surface area (Å²) < 4.78 is 50.4. The van der Waals surface area contributed by atoms with Gasteiger partial charge in [-0.15, -0.1) is 4.98 Å². The zero-order valence-electron chi connectivity index (χ0n) is 9.11. The first-order chi connectivity index (χ1) is 8.91. The first kappa shape index (κ1) is 12.9. The van der Waals surface area contributed by atoms with Crippen LogP contribution in [0.3, 0.4) is 0 Å². The lowest BCUT2D eigenvalue weighted by Gasteiger charge is -2.06. The molecule has 0 saturated carbocycles. The third-order valence-electron chi connectivity index (χ3n) is 2.17. The summed E-state index contributed by atoms with van der Waals surface area (Å²) in [6.07, 6.45) is -2.49. The summed E-state index contributed by atoms with van der Waals surface area (Å²) in [6.45, 7) is 6.74. The van der Waals surface area contributed by atoms with E-state index < -0.39 is 17.7 Å². The van der Waals surface area contributed by atoms with E-state index in [1.165, 1.54) is 0 Å². The number of hydrogen-bond donors (Lipinski definition) is 0. The van der Waals surface area contributed by atoms with Crippen LogP contribution in [-0.4, -0.2) is 15.0 Å². The predicted octanol–water partition coefficient (Wildman–Crippen LogP) is 3.25. The van der Waals surface area contributed by atoms with Crippen molar-refractivity contribution in [3.05, 3.63) is 47.6 Å². The third kappa shape index (κ3) is 2.65. The van der Waals surface area contributed by atoms with Crippen LogP contribution in [0, 0.1) is 12.4 Å². The topological polar surface area (TPSA) is 43.0 Å². The summed E-state index contributed by atoms with van der Waals surface area (Å²) in [5.74, 6) is -0.875. The molecule has 8 heteroatoms. The molecule has 0 aliphatic heterocycles. The molecule has 4 nitrogen and oxygen atoms in total. The maximum atomic E-state index is 13.5. The fourth-order valence-corrected chi connectivity index (χ4v) is 1.30. The van der Waals surface area contributed by atoms with Crippen LogP contribution >= 0.6 is 0 Å². The number of pyridine rings is 1. The Morgan fingerprint density at radius 3 is 2.32 bits per heavy atom. The Balaban J connectivity index is 2.46. The van der Waals surface area contributed by atoms with Gasteiger partial charge in [0, 0.05) is 5.56 Å². The molecule has 0 amide bonds. The first-order valence-corrected chi connectivity index (χ1v) is 4.84. The lowest BCUT2D eigenvalue weighted by Crippen LogP contribution is -2.08. The summed E-state index contributed by atoms with van der Waals surface area (Å²) in [7, 11) is 0. The molecule has 2 aromatic rings. The van der Waals surface area contributed by atoms with Crippen molar-refractivity contribution >= 4 is 5.82 Å². The molecule has 0 atom stereocenters. The van der Waals surface area contributed by atoms with Gasteiger partial charge in [-0.1, -0.05) is 6.57 Å². The van der Waals surface area contributed by atoms with Gasteiger partial charge < -0.3 is 4.85 Å². The van der Waals surface area contributed by atoms with Crippen LogP contribution in [0.1, 0.15) is 5.69 Å². The van der Waals surface area contributed by atoms with E-state index in [1.54, 1.807) is 0 Å². The summed E-state index contributed by atoms with van der Waals surface area (Å²) in [5, 5.41) is 0. The van der Waals surface area contributed by atoms with Crippen LogP contribution in [0.4, 0.5) is 23.4 Å². The van der Waals surface area contributed by atoms with E-state index in [4.69, 9.17) is 6.57 Å². The zero-order valence-corrected chi connectivity index (χ0v) is 9.11. The normalized spacial score (nSPS) is 11.1. The average Bonchev–Trinajstić information content (AvgIpc) is 2.38. The van der Waals surface area contributed by atoms with Gasteiger partial charge in [0.05, 0.1) is 18.1 Å². The Bertz CT molecular complexity index is 643. The van der Waals surface area contributed by atoms with E-state index in [0.717, 1.165) is 18.5 Å². The van der Waals surface area contributed by atoms with Gasteiger partial charge in [0.1, 0.15) is 0 Å². The van der Waals surface area contributed by atoms with E-state index in [0.29, 0.717) is 6.20 Å². The first-order valence-electron chi connectivity index (χ1n) is 4.84. The number of nitrogens with zero attached hydrogens (tertiary/aromatic N) is 4. The van der Waals surface area contributed by atoms with Gasteiger partial charge in [0.15, 0.2) is 17.7 Å². The van der Waals surface area contributed by atoms with Crippen molar-refractivity contribution in [1.29, 1.82) is 0 Å². The van der Waals surface area contributed by atoms with Crippen molar-refractivity contribution in [1.82, 2.24) is 15.0 Å². The Labute approximate surface area is 104 Å². The van der Waals surface area contributed by atoms with Crippen LogP contribution in [-0.2, 0) is 6.18 Å². The fraction of sp³-hybridized carbons (Fsp3) is 0.0909. The van der Waals surface area contributed by atoms with Crippen molar-refractivity contribution in [2.75, 3.05) is 0 Å². The summed E-state index contributed by atoms with van der Waals surface area (Å²) >= 11 is 0. The van der Waals surface area contributed by atoms with Crippen LogP contribution in [0.2, 0.25) is 0 Å². The van der Waals surface area contributed by atoms with Crippen molar-refractivity contribution in [3.63, 3.8) is 0 Å². The van der Waals surface area contributed by atoms with Gasteiger partial charge in [-0.25, -0.2) is 9.37 Å². The molecule has 0 aliphatic rings. The Morgan fingerprint density at radius 2 is 1.79 bits per heavy atom. The molecular formula is C11H4F4N4. The van der Waals surface area contributed by atoms with Crippen molar-refractivity contribution < 1.29 is 17.6 Å². The molecule has 2 aromatic heterocycles. The molecule has 19 heavy (non-hydrogen) atoms. The van der Waals surface area contributed by atoms with Gasteiger partial charge in [0.2, 0.25) is 0 Å². The minimum atomic E-state index is -4.61. The second-order valence-corrected chi connectivity index (χ2v) is 3.42. The number of halogens is 4. The van der Waals surface area contributed by atoms with Crippen LogP contribution in [0.5, 0.6) is 0 Å². The molecule has 0 unspecified atom stereocenters. The molecule has 2 rings (SSSR count).